The van der Waals surface area contributed by atoms with E-state index in [-0.39, 0.29) is 30.0 Å². The number of benzene rings is 2. The van der Waals surface area contributed by atoms with E-state index in [1.54, 1.807) is 12.4 Å². The summed E-state index contributed by atoms with van der Waals surface area (Å²) in [6, 6.07) is 22.3. The Labute approximate surface area is 164 Å². The Kier molecular flexibility index (Phi) is 4.41. The molecule has 0 unspecified atom stereocenters. The van der Waals surface area contributed by atoms with Gasteiger partial charge in [-0.1, -0.05) is 42.5 Å². The number of nitrogens with zero attached hydrogens (tertiary/aromatic N) is 1. The zero-order chi connectivity index (χ0) is 18.9. The number of pyridine rings is 1. The predicted octanol–water partition coefficient (Wildman–Crippen LogP) is 4.65. The van der Waals surface area contributed by atoms with Gasteiger partial charge in [-0.3, -0.25) is 9.78 Å². The lowest BCUT2D eigenvalue weighted by Gasteiger charge is -2.27. The van der Waals surface area contributed by atoms with Crippen molar-refractivity contribution in [3.8, 4) is 11.1 Å². The minimum Gasteiger partial charge on any atom is -0.373 e. The first-order chi connectivity index (χ1) is 13.8. The smallest absolute Gasteiger partial charge is 0.230 e. The van der Waals surface area contributed by atoms with Gasteiger partial charge in [0.25, 0.3) is 0 Å². The summed E-state index contributed by atoms with van der Waals surface area (Å²) in [7, 11) is 0. The number of hydrogen-bond acceptors (Lipinski definition) is 3. The molecule has 3 aromatic rings. The fourth-order valence-corrected chi connectivity index (χ4v) is 4.62. The van der Waals surface area contributed by atoms with E-state index in [2.05, 4.69) is 22.4 Å². The van der Waals surface area contributed by atoms with Gasteiger partial charge in [0.05, 0.1) is 18.1 Å². The number of ether oxygens (including phenoxy) is 1. The quantitative estimate of drug-likeness (QED) is 0.727. The molecule has 2 fully saturated rings. The largest absolute Gasteiger partial charge is 0.373 e. The first-order valence-electron chi connectivity index (χ1n) is 9.81. The Bertz CT molecular complexity index is 957. The van der Waals surface area contributed by atoms with Gasteiger partial charge in [0, 0.05) is 24.0 Å². The summed E-state index contributed by atoms with van der Waals surface area (Å²) < 4.78 is 6.11. The molecular formula is C24H22N2O2. The van der Waals surface area contributed by atoms with Gasteiger partial charge in [-0.05, 0) is 53.8 Å². The molecular weight excluding hydrogens is 348 g/mol. The number of carbonyl (C=O) groups excluding carboxylic acids is 1. The highest BCUT2D eigenvalue weighted by Crippen LogP contribution is 2.49. The van der Waals surface area contributed by atoms with E-state index < -0.39 is 0 Å². The average molecular weight is 370 g/mol. The van der Waals surface area contributed by atoms with Crippen molar-refractivity contribution in [2.75, 3.05) is 5.32 Å². The van der Waals surface area contributed by atoms with E-state index in [1.807, 2.05) is 54.6 Å². The maximum Gasteiger partial charge on any atom is 0.230 e. The molecule has 2 aliphatic heterocycles. The number of carbonyl (C=O) groups is 1. The van der Waals surface area contributed by atoms with Crippen LogP contribution in [0.4, 0.5) is 5.69 Å². The molecule has 2 saturated heterocycles. The number of hydrogen-bond donors (Lipinski definition) is 1. The number of amides is 1. The van der Waals surface area contributed by atoms with Crippen LogP contribution in [-0.2, 0) is 9.53 Å². The minimum atomic E-state index is -0.157. The SMILES string of the molecule is O=C(Nc1ccc(-c2ccccc2)cc1)[C@@H]1[C@H](c2ccncc2)[C@@H]2CC[C@H]1O2. The molecule has 0 saturated carbocycles. The van der Waals surface area contributed by atoms with Crippen LogP contribution in [0, 0.1) is 5.92 Å². The molecule has 0 spiro atoms. The van der Waals surface area contributed by atoms with Crippen molar-refractivity contribution in [3.63, 3.8) is 0 Å². The van der Waals surface area contributed by atoms with E-state index in [0.717, 1.165) is 29.7 Å². The summed E-state index contributed by atoms with van der Waals surface area (Å²) >= 11 is 0. The summed E-state index contributed by atoms with van der Waals surface area (Å²) in [6.45, 7) is 0. The maximum atomic E-state index is 13.1. The van der Waals surface area contributed by atoms with Crippen molar-refractivity contribution < 1.29 is 9.53 Å². The molecule has 4 nitrogen and oxygen atoms in total. The molecule has 1 N–H and O–H groups in total. The van der Waals surface area contributed by atoms with Crippen LogP contribution in [-0.4, -0.2) is 23.1 Å². The number of nitrogens with one attached hydrogen (secondary N) is 1. The van der Waals surface area contributed by atoms with Crippen molar-refractivity contribution in [3.05, 3.63) is 84.7 Å². The van der Waals surface area contributed by atoms with Gasteiger partial charge in [0.1, 0.15) is 0 Å². The first-order valence-corrected chi connectivity index (χ1v) is 9.81. The Balaban J connectivity index is 1.35. The molecule has 28 heavy (non-hydrogen) atoms. The normalized spacial score (nSPS) is 25.6. The Morgan fingerprint density at radius 2 is 1.54 bits per heavy atom. The van der Waals surface area contributed by atoms with Gasteiger partial charge in [-0.2, -0.15) is 0 Å². The zero-order valence-electron chi connectivity index (χ0n) is 15.5. The van der Waals surface area contributed by atoms with Crippen molar-refractivity contribution in [2.24, 2.45) is 5.92 Å². The first kappa shape index (κ1) is 17.1. The highest BCUT2D eigenvalue weighted by molar-refractivity contribution is 5.94. The summed E-state index contributed by atoms with van der Waals surface area (Å²) in [6.07, 6.45) is 5.69. The third-order valence-corrected chi connectivity index (χ3v) is 5.93. The summed E-state index contributed by atoms with van der Waals surface area (Å²) in [5.41, 5.74) is 4.26. The molecule has 2 bridgehead atoms. The number of rotatable bonds is 4. The van der Waals surface area contributed by atoms with Crippen LogP contribution >= 0.6 is 0 Å². The summed E-state index contributed by atoms with van der Waals surface area (Å²) in [5.74, 6) is -0.0123. The van der Waals surface area contributed by atoms with Crippen LogP contribution in [0.2, 0.25) is 0 Å². The van der Waals surface area contributed by atoms with E-state index in [9.17, 15) is 4.79 Å². The van der Waals surface area contributed by atoms with E-state index in [1.165, 1.54) is 5.56 Å². The molecule has 0 aliphatic carbocycles. The van der Waals surface area contributed by atoms with Gasteiger partial charge in [0.2, 0.25) is 5.91 Å². The molecule has 0 radical (unpaired) electrons. The minimum absolute atomic E-state index is 0.00626. The second kappa shape index (κ2) is 7.21. The van der Waals surface area contributed by atoms with Crippen LogP contribution in [0.15, 0.2) is 79.1 Å². The van der Waals surface area contributed by atoms with E-state index in [4.69, 9.17) is 4.74 Å². The summed E-state index contributed by atoms with van der Waals surface area (Å²) in [5, 5.41) is 3.11. The number of fused-ring (bicyclic) bond motifs is 2. The van der Waals surface area contributed by atoms with Crippen LogP contribution in [0.3, 0.4) is 0 Å². The average Bonchev–Trinajstić information content (AvgIpc) is 3.37. The fourth-order valence-electron chi connectivity index (χ4n) is 4.62. The van der Waals surface area contributed by atoms with Gasteiger partial charge in [-0.25, -0.2) is 0 Å². The van der Waals surface area contributed by atoms with Crippen LogP contribution in [0.1, 0.15) is 24.3 Å². The van der Waals surface area contributed by atoms with Crippen molar-refractivity contribution >= 4 is 11.6 Å². The third kappa shape index (κ3) is 3.10. The van der Waals surface area contributed by atoms with Gasteiger partial charge >= 0.3 is 0 Å². The van der Waals surface area contributed by atoms with Crippen molar-refractivity contribution in [1.82, 2.24) is 4.98 Å². The fraction of sp³-hybridized carbons (Fsp3) is 0.250. The Morgan fingerprint density at radius 3 is 2.29 bits per heavy atom. The Hall–Kier alpha value is -2.98. The standard InChI is InChI=1S/C24H22N2O2/c27-24(26-19-8-6-17(7-9-19)16-4-2-1-3-5-16)23-21-11-10-20(28-21)22(23)18-12-14-25-15-13-18/h1-9,12-15,20-23H,10-11H2,(H,26,27)/t20-,21+,22+,23-/m0/s1. The molecule has 4 heteroatoms. The molecule has 4 atom stereocenters. The van der Waals surface area contributed by atoms with Gasteiger partial charge in [0.15, 0.2) is 0 Å². The monoisotopic (exact) mass is 370 g/mol. The lowest BCUT2D eigenvalue weighted by Crippen LogP contribution is -2.36. The van der Waals surface area contributed by atoms with Crippen molar-refractivity contribution in [1.29, 1.82) is 0 Å². The zero-order valence-corrected chi connectivity index (χ0v) is 15.5. The molecule has 1 amide bonds. The highest BCUT2D eigenvalue weighted by Gasteiger charge is 2.52. The lowest BCUT2D eigenvalue weighted by atomic mass is 9.75. The van der Waals surface area contributed by atoms with E-state index in [0.29, 0.717) is 0 Å². The highest BCUT2D eigenvalue weighted by atomic mass is 16.5. The molecule has 3 heterocycles. The van der Waals surface area contributed by atoms with Gasteiger partial charge < -0.3 is 10.1 Å². The second-order valence-electron chi connectivity index (χ2n) is 7.56. The second-order valence-corrected chi connectivity index (χ2v) is 7.56. The van der Waals surface area contributed by atoms with Crippen LogP contribution in [0.5, 0.6) is 0 Å². The predicted molar refractivity (Wildman–Crippen MR) is 109 cm³/mol. The van der Waals surface area contributed by atoms with Crippen LogP contribution < -0.4 is 5.32 Å². The molecule has 2 aliphatic rings. The topological polar surface area (TPSA) is 51.2 Å². The molecule has 5 rings (SSSR count). The molecule has 2 aromatic carbocycles. The molecule has 1 aromatic heterocycles. The van der Waals surface area contributed by atoms with Crippen LogP contribution in [0.25, 0.3) is 11.1 Å². The maximum absolute atomic E-state index is 13.1. The number of anilines is 1. The number of aromatic nitrogens is 1. The van der Waals surface area contributed by atoms with Crippen molar-refractivity contribution in [2.45, 2.75) is 31.0 Å². The lowest BCUT2D eigenvalue weighted by molar-refractivity contribution is -0.121. The third-order valence-electron chi connectivity index (χ3n) is 5.93. The van der Waals surface area contributed by atoms with E-state index >= 15 is 0 Å². The molecule has 140 valence electrons. The Morgan fingerprint density at radius 1 is 0.857 bits per heavy atom. The summed E-state index contributed by atoms with van der Waals surface area (Å²) in [4.78, 5) is 17.2. The van der Waals surface area contributed by atoms with Gasteiger partial charge in [-0.15, -0.1) is 0 Å².